The molecule has 2 aromatic rings. The van der Waals surface area contributed by atoms with Gasteiger partial charge in [-0.2, -0.15) is 0 Å². The van der Waals surface area contributed by atoms with Crippen LogP contribution in [0.5, 0.6) is 0 Å². The van der Waals surface area contributed by atoms with Crippen molar-refractivity contribution in [2.24, 2.45) is 0 Å². The Bertz CT molecular complexity index is 694. The molecule has 0 N–H and O–H groups in total. The third-order valence-corrected chi connectivity index (χ3v) is 9.45. The van der Waals surface area contributed by atoms with Crippen molar-refractivity contribution in [3.8, 4) is 0 Å². The van der Waals surface area contributed by atoms with Crippen LogP contribution in [0.25, 0.3) is 0 Å². The summed E-state index contributed by atoms with van der Waals surface area (Å²) in [5.41, 5.74) is 2.49. The molecule has 0 saturated heterocycles. The zero-order valence-corrected chi connectivity index (χ0v) is 14.1. The Balaban J connectivity index is 2.24. The van der Waals surface area contributed by atoms with Gasteiger partial charge in [0.2, 0.25) is 0 Å². The Morgan fingerprint density at radius 1 is 1.14 bits per heavy atom. The SMILES string of the molecule is C=CC[Si]1(C)C[C@](CC=O)(c2ccccc2)c2ccccc21. The van der Waals surface area contributed by atoms with Crippen LogP contribution in [0.1, 0.15) is 17.5 Å². The predicted octanol–water partition coefficient (Wildman–Crippen LogP) is 4.05. The van der Waals surface area contributed by atoms with E-state index in [-0.39, 0.29) is 5.41 Å². The fraction of sp³-hybridized carbons (Fsp3) is 0.250. The quantitative estimate of drug-likeness (QED) is 0.463. The molecule has 0 saturated carbocycles. The summed E-state index contributed by atoms with van der Waals surface area (Å²) in [7, 11) is -1.64. The van der Waals surface area contributed by atoms with E-state index in [4.69, 9.17) is 0 Å². The van der Waals surface area contributed by atoms with Crippen LogP contribution in [0.4, 0.5) is 0 Å². The van der Waals surface area contributed by atoms with Gasteiger partial charge in [-0.3, -0.25) is 0 Å². The van der Waals surface area contributed by atoms with E-state index in [1.54, 1.807) is 0 Å². The van der Waals surface area contributed by atoms with Crippen LogP contribution in [-0.4, -0.2) is 14.4 Å². The predicted molar refractivity (Wildman–Crippen MR) is 95.4 cm³/mol. The molecule has 1 heterocycles. The van der Waals surface area contributed by atoms with Crippen molar-refractivity contribution in [1.82, 2.24) is 0 Å². The third kappa shape index (κ3) is 2.19. The molecule has 22 heavy (non-hydrogen) atoms. The van der Waals surface area contributed by atoms with Gasteiger partial charge in [0, 0.05) is 11.8 Å². The Kier molecular flexibility index (Phi) is 3.88. The molecule has 0 radical (unpaired) electrons. The first kappa shape index (κ1) is 15.0. The van der Waals surface area contributed by atoms with Crippen molar-refractivity contribution in [2.75, 3.05) is 0 Å². The second-order valence-corrected chi connectivity index (χ2v) is 11.0. The average molecular weight is 306 g/mol. The Hall–Kier alpha value is -1.93. The number of allylic oxidation sites excluding steroid dienone is 1. The summed E-state index contributed by atoms with van der Waals surface area (Å²) in [6.07, 6.45) is 3.72. The zero-order chi connectivity index (χ0) is 15.6. The fourth-order valence-electron chi connectivity index (χ4n) is 4.24. The lowest BCUT2D eigenvalue weighted by Gasteiger charge is -2.31. The van der Waals surface area contributed by atoms with E-state index in [1.807, 2.05) is 6.07 Å². The van der Waals surface area contributed by atoms with Crippen LogP contribution >= 0.6 is 0 Å². The zero-order valence-electron chi connectivity index (χ0n) is 13.1. The van der Waals surface area contributed by atoms with E-state index in [9.17, 15) is 4.79 Å². The second-order valence-electron chi connectivity index (χ2n) is 6.59. The summed E-state index contributed by atoms with van der Waals surface area (Å²) in [5, 5.41) is 1.50. The smallest absolute Gasteiger partial charge is 0.121 e. The highest BCUT2D eigenvalue weighted by Crippen LogP contribution is 2.48. The van der Waals surface area contributed by atoms with Crippen molar-refractivity contribution < 1.29 is 4.79 Å². The van der Waals surface area contributed by atoms with Gasteiger partial charge in [0.05, 0.1) is 8.07 Å². The number of hydrogen-bond donors (Lipinski definition) is 0. The van der Waals surface area contributed by atoms with Gasteiger partial charge in [-0.15, -0.1) is 6.58 Å². The summed E-state index contributed by atoms with van der Waals surface area (Å²) in [6, 6.07) is 21.5. The lowest BCUT2D eigenvalue weighted by atomic mass is 9.74. The first-order chi connectivity index (χ1) is 10.7. The first-order valence-electron chi connectivity index (χ1n) is 7.86. The van der Waals surface area contributed by atoms with Gasteiger partial charge in [-0.05, 0) is 23.2 Å². The molecular weight excluding hydrogens is 284 g/mol. The van der Waals surface area contributed by atoms with Crippen LogP contribution in [0.2, 0.25) is 18.6 Å². The van der Waals surface area contributed by atoms with Crippen LogP contribution in [0.15, 0.2) is 67.3 Å². The number of aldehydes is 1. The Morgan fingerprint density at radius 2 is 1.82 bits per heavy atom. The van der Waals surface area contributed by atoms with Gasteiger partial charge in [0.1, 0.15) is 6.29 Å². The molecule has 0 aromatic heterocycles. The lowest BCUT2D eigenvalue weighted by molar-refractivity contribution is -0.108. The standard InChI is InChI=1S/C20H22OSi/c1-3-15-22(2)16-20(13-14-21,17-9-5-4-6-10-17)18-11-7-8-12-19(18)22/h3-12,14H,1,13,15-16H2,2H3/t20-,22?/m1/s1. The highest BCUT2D eigenvalue weighted by atomic mass is 28.3. The minimum Gasteiger partial charge on any atom is -0.303 e. The van der Waals surface area contributed by atoms with E-state index in [2.05, 4.69) is 67.7 Å². The summed E-state index contributed by atoms with van der Waals surface area (Å²) >= 11 is 0. The molecular formula is C20H22OSi. The van der Waals surface area contributed by atoms with Gasteiger partial charge in [0.25, 0.3) is 0 Å². The molecule has 0 amide bonds. The largest absolute Gasteiger partial charge is 0.303 e. The van der Waals surface area contributed by atoms with Gasteiger partial charge < -0.3 is 4.79 Å². The Labute approximate surface area is 133 Å². The topological polar surface area (TPSA) is 17.1 Å². The van der Waals surface area contributed by atoms with Crippen LogP contribution in [0.3, 0.4) is 0 Å². The summed E-state index contributed by atoms with van der Waals surface area (Å²) in [4.78, 5) is 11.5. The molecule has 0 bridgehead atoms. The average Bonchev–Trinajstić information content (AvgIpc) is 2.80. The number of hydrogen-bond acceptors (Lipinski definition) is 1. The second kappa shape index (κ2) is 5.69. The van der Waals surface area contributed by atoms with Crippen molar-refractivity contribution in [3.05, 3.63) is 78.4 Å². The van der Waals surface area contributed by atoms with E-state index in [0.29, 0.717) is 6.42 Å². The Morgan fingerprint density at radius 3 is 2.50 bits per heavy atom. The molecule has 0 fully saturated rings. The molecule has 2 heteroatoms. The lowest BCUT2D eigenvalue weighted by Crippen LogP contribution is -2.41. The van der Waals surface area contributed by atoms with Crippen LogP contribution in [-0.2, 0) is 10.2 Å². The van der Waals surface area contributed by atoms with Crippen molar-refractivity contribution in [3.63, 3.8) is 0 Å². The summed E-state index contributed by atoms with van der Waals surface area (Å²) in [5.74, 6) is 0. The highest BCUT2D eigenvalue weighted by Gasteiger charge is 2.50. The van der Waals surface area contributed by atoms with Crippen molar-refractivity contribution >= 4 is 19.5 Å². The maximum Gasteiger partial charge on any atom is 0.121 e. The minimum atomic E-state index is -1.64. The van der Waals surface area contributed by atoms with E-state index in [1.165, 1.54) is 16.3 Å². The molecule has 2 aromatic carbocycles. The number of carbonyl (C=O) groups is 1. The summed E-state index contributed by atoms with van der Waals surface area (Å²) < 4.78 is 0. The fourth-order valence-corrected chi connectivity index (χ4v) is 8.78. The maximum atomic E-state index is 11.5. The molecule has 112 valence electrons. The number of rotatable bonds is 5. The normalized spacial score (nSPS) is 26.4. The maximum absolute atomic E-state index is 11.5. The minimum absolute atomic E-state index is 0.149. The van der Waals surface area contributed by atoms with Crippen LogP contribution < -0.4 is 5.19 Å². The van der Waals surface area contributed by atoms with Gasteiger partial charge in [-0.1, -0.05) is 72.4 Å². The van der Waals surface area contributed by atoms with Gasteiger partial charge in [0.15, 0.2) is 0 Å². The third-order valence-electron chi connectivity index (χ3n) is 5.14. The molecule has 1 aliphatic rings. The molecule has 3 rings (SSSR count). The first-order valence-corrected chi connectivity index (χ1v) is 10.8. The van der Waals surface area contributed by atoms with E-state index >= 15 is 0 Å². The number of fused-ring (bicyclic) bond motifs is 1. The molecule has 1 nitrogen and oxygen atoms in total. The molecule has 0 aliphatic carbocycles. The van der Waals surface area contributed by atoms with Crippen molar-refractivity contribution in [1.29, 1.82) is 0 Å². The van der Waals surface area contributed by atoms with E-state index in [0.717, 1.165) is 18.4 Å². The van der Waals surface area contributed by atoms with Crippen molar-refractivity contribution in [2.45, 2.75) is 30.5 Å². The summed E-state index contributed by atoms with van der Waals surface area (Å²) in [6.45, 7) is 6.41. The molecule has 0 spiro atoms. The monoisotopic (exact) mass is 306 g/mol. The van der Waals surface area contributed by atoms with Gasteiger partial charge in [-0.25, -0.2) is 0 Å². The molecule has 1 unspecified atom stereocenters. The van der Waals surface area contributed by atoms with Crippen LogP contribution in [0, 0.1) is 0 Å². The number of carbonyl (C=O) groups excluding carboxylic acids is 1. The highest BCUT2D eigenvalue weighted by molar-refractivity contribution is 6.92. The van der Waals surface area contributed by atoms with Gasteiger partial charge >= 0.3 is 0 Å². The van der Waals surface area contributed by atoms with E-state index < -0.39 is 8.07 Å². The molecule has 2 atom stereocenters. The number of benzene rings is 2. The molecule has 1 aliphatic heterocycles.